The molecule has 1 N–H and O–H groups in total. The molecule has 2 heterocycles. The zero-order valence-corrected chi connectivity index (χ0v) is 13.4. The van der Waals surface area contributed by atoms with Crippen molar-refractivity contribution in [3.8, 4) is 6.07 Å². The largest absolute Gasteiger partial charge is 0.353 e. The molecule has 5 heteroatoms. The number of likely N-dealkylation sites (tertiary alicyclic amines) is 1. The van der Waals surface area contributed by atoms with Crippen LogP contribution >= 0.6 is 0 Å². The SMILES string of the molecule is Cn1cccc1[C@H]1CCCN1CC(=O)N[C@](C)(C#N)C1CC1. The second-order valence-electron chi connectivity index (χ2n) is 6.81. The number of nitrogens with one attached hydrogen (secondary N) is 1. The maximum absolute atomic E-state index is 12.4. The summed E-state index contributed by atoms with van der Waals surface area (Å²) in [7, 11) is 2.05. The van der Waals surface area contributed by atoms with Crippen LogP contribution in [0.2, 0.25) is 0 Å². The molecule has 1 aromatic rings. The summed E-state index contributed by atoms with van der Waals surface area (Å²) in [5.41, 5.74) is 0.563. The molecule has 5 nitrogen and oxygen atoms in total. The predicted octanol–water partition coefficient (Wildman–Crippen LogP) is 1.97. The third-order valence-corrected chi connectivity index (χ3v) is 5.06. The van der Waals surface area contributed by atoms with E-state index in [0.29, 0.717) is 18.5 Å². The van der Waals surface area contributed by atoms with E-state index in [1.165, 1.54) is 5.69 Å². The van der Waals surface area contributed by atoms with Crippen LogP contribution in [0.25, 0.3) is 0 Å². The molecule has 3 rings (SSSR count). The number of rotatable bonds is 5. The van der Waals surface area contributed by atoms with Crippen molar-refractivity contribution in [1.29, 1.82) is 5.26 Å². The molecule has 2 aliphatic rings. The molecule has 0 bridgehead atoms. The van der Waals surface area contributed by atoms with E-state index in [-0.39, 0.29) is 5.91 Å². The number of amides is 1. The van der Waals surface area contributed by atoms with Crippen molar-refractivity contribution in [2.75, 3.05) is 13.1 Å². The second-order valence-corrected chi connectivity index (χ2v) is 6.81. The Morgan fingerprint density at radius 1 is 1.50 bits per heavy atom. The highest BCUT2D eigenvalue weighted by atomic mass is 16.2. The van der Waals surface area contributed by atoms with Crippen molar-refractivity contribution in [2.45, 2.75) is 44.2 Å². The molecule has 2 fully saturated rings. The molecule has 1 amide bonds. The van der Waals surface area contributed by atoms with Crippen LogP contribution in [0.3, 0.4) is 0 Å². The van der Waals surface area contributed by atoms with Crippen LogP contribution in [-0.4, -0.2) is 34.0 Å². The Balaban J connectivity index is 1.63. The number of carbonyl (C=O) groups is 1. The monoisotopic (exact) mass is 300 g/mol. The van der Waals surface area contributed by atoms with Gasteiger partial charge in [-0.05, 0) is 57.2 Å². The minimum Gasteiger partial charge on any atom is -0.353 e. The van der Waals surface area contributed by atoms with Gasteiger partial charge in [-0.3, -0.25) is 9.69 Å². The molecular formula is C17H24N4O. The maximum atomic E-state index is 12.4. The van der Waals surface area contributed by atoms with E-state index < -0.39 is 5.54 Å². The standard InChI is InChI=1S/C17H24N4O/c1-17(12-18,13-7-8-13)19-16(22)11-21-10-4-6-15(21)14-5-3-9-20(14)2/h3,5,9,13,15H,4,6-8,10-11H2,1-2H3,(H,19,22)/t15-,17-/m1/s1. The fourth-order valence-corrected chi connectivity index (χ4v) is 3.57. The van der Waals surface area contributed by atoms with Crippen molar-refractivity contribution in [1.82, 2.24) is 14.8 Å². The van der Waals surface area contributed by atoms with E-state index in [0.717, 1.165) is 32.2 Å². The van der Waals surface area contributed by atoms with Gasteiger partial charge in [-0.15, -0.1) is 0 Å². The quantitative estimate of drug-likeness (QED) is 0.904. The van der Waals surface area contributed by atoms with Gasteiger partial charge in [0.1, 0.15) is 5.54 Å². The zero-order chi connectivity index (χ0) is 15.7. The zero-order valence-electron chi connectivity index (χ0n) is 13.4. The van der Waals surface area contributed by atoms with Crippen molar-refractivity contribution in [3.63, 3.8) is 0 Å². The molecule has 1 aliphatic carbocycles. The summed E-state index contributed by atoms with van der Waals surface area (Å²) >= 11 is 0. The normalized spacial score (nSPS) is 24.7. The van der Waals surface area contributed by atoms with Gasteiger partial charge in [0, 0.05) is 18.9 Å². The molecule has 1 saturated heterocycles. The average Bonchev–Trinajstić information content (AvgIpc) is 3.13. The molecular weight excluding hydrogens is 276 g/mol. The molecule has 0 spiro atoms. The highest BCUT2D eigenvalue weighted by Gasteiger charge is 2.43. The summed E-state index contributed by atoms with van der Waals surface area (Å²) in [5, 5.41) is 12.3. The Labute approximate surface area is 131 Å². The Hall–Kier alpha value is -1.80. The van der Waals surface area contributed by atoms with E-state index in [1.54, 1.807) is 0 Å². The second kappa shape index (κ2) is 5.77. The summed E-state index contributed by atoms with van der Waals surface area (Å²) < 4.78 is 2.13. The highest BCUT2D eigenvalue weighted by Crippen LogP contribution is 2.39. The van der Waals surface area contributed by atoms with Crippen molar-refractivity contribution >= 4 is 5.91 Å². The fourth-order valence-electron chi connectivity index (χ4n) is 3.57. The molecule has 0 radical (unpaired) electrons. The molecule has 118 valence electrons. The number of nitriles is 1. The number of carbonyl (C=O) groups excluding carboxylic acids is 1. The lowest BCUT2D eigenvalue weighted by Crippen LogP contribution is -2.50. The Morgan fingerprint density at radius 2 is 2.27 bits per heavy atom. The van der Waals surface area contributed by atoms with E-state index in [4.69, 9.17) is 0 Å². The van der Waals surface area contributed by atoms with Gasteiger partial charge < -0.3 is 9.88 Å². The van der Waals surface area contributed by atoms with Crippen LogP contribution in [0.4, 0.5) is 0 Å². The first-order chi connectivity index (χ1) is 10.5. The first kappa shape index (κ1) is 15.1. The van der Waals surface area contributed by atoms with Gasteiger partial charge in [-0.2, -0.15) is 5.26 Å². The highest BCUT2D eigenvalue weighted by molar-refractivity contribution is 5.79. The minimum atomic E-state index is -0.697. The summed E-state index contributed by atoms with van der Waals surface area (Å²) in [6.07, 6.45) is 6.33. The lowest BCUT2D eigenvalue weighted by atomic mass is 9.98. The van der Waals surface area contributed by atoms with E-state index in [9.17, 15) is 10.1 Å². The van der Waals surface area contributed by atoms with Crippen molar-refractivity contribution in [3.05, 3.63) is 24.0 Å². The Bertz CT molecular complexity index is 598. The number of nitrogens with zero attached hydrogens (tertiary/aromatic N) is 3. The minimum absolute atomic E-state index is 0.0305. The summed E-state index contributed by atoms with van der Waals surface area (Å²) in [4.78, 5) is 14.6. The number of hydrogen-bond donors (Lipinski definition) is 1. The average molecular weight is 300 g/mol. The number of aromatic nitrogens is 1. The van der Waals surface area contributed by atoms with Gasteiger partial charge >= 0.3 is 0 Å². The van der Waals surface area contributed by atoms with Gasteiger partial charge in [-0.1, -0.05) is 0 Å². The van der Waals surface area contributed by atoms with Crippen molar-refractivity contribution in [2.24, 2.45) is 13.0 Å². The molecule has 1 aromatic heterocycles. The van der Waals surface area contributed by atoms with E-state index in [1.807, 2.05) is 26.2 Å². The molecule has 1 aliphatic heterocycles. The van der Waals surface area contributed by atoms with E-state index in [2.05, 4.69) is 26.9 Å². The van der Waals surface area contributed by atoms with Gasteiger partial charge in [0.25, 0.3) is 0 Å². The molecule has 0 aromatic carbocycles. The van der Waals surface area contributed by atoms with Crippen LogP contribution in [0.5, 0.6) is 0 Å². The smallest absolute Gasteiger partial charge is 0.235 e. The third-order valence-electron chi connectivity index (χ3n) is 5.06. The lowest BCUT2D eigenvalue weighted by molar-refractivity contribution is -0.123. The molecule has 0 unspecified atom stereocenters. The topological polar surface area (TPSA) is 61.1 Å². The molecule has 22 heavy (non-hydrogen) atoms. The van der Waals surface area contributed by atoms with Crippen LogP contribution in [0, 0.1) is 17.2 Å². The van der Waals surface area contributed by atoms with Gasteiger partial charge in [0.2, 0.25) is 5.91 Å². The van der Waals surface area contributed by atoms with Gasteiger partial charge in [-0.25, -0.2) is 0 Å². The first-order valence-electron chi connectivity index (χ1n) is 8.11. The summed E-state index contributed by atoms with van der Waals surface area (Å²) in [6, 6.07) is 6.77. The number of hydrogen-bond acceptors (Lipinski definition) is 3. The Kier molecular flexibility index (Phi) is 3.96. The number of aryl methyl sites for hydroxylation is 1. The molecule has 1 saturated carbocycles. The van der Waals surface area contributed by atoms with Crippen LogP contribution in [0.1, 0.15) is 44.3 Å². The Morgan fingerprint density at radius 3 is 2.86 bits per heavy atom. The van der Waals surface area contributed by atoms with Crippen LogP contribution in [-0.2, 0) is 11.8 Å². The van der Waals surface area contributed by atoms with Crippen molar-refractivity contribution < 1.29 is 4.79 Å². The third kappa shape index (κ3) is 2.89. The first-order valence-corrected chi connectivity index (χ1v) is 8.11. The summed E-state index contributed by atoms with van der Waals surface area (Å²) in [6.45, 7) is 3.16. The fraction of sp³-hybridized carbons (Fsp3) is 0.647. The van der Waals surface area contributed by atoms with Crippen LogP contribution < -0.4 is 5.32 Å². The predicted molar refractivity (Wildman–Crippen MR) is 83.8 cm³/mol. The summed E-state index contributed by atoms with van der Waals surface area (Å²) in [5.74, 6) is 0.292. The maximum Gasteiger partial charge on any atom is 0.235 e. The van der Waals surface area contributed by atoms with Gasteiger partial charge in [0.05, 0.1) is 18.7 Å². The van der Waals surface area contributed by atoms with Gasteiger partial charge in [0.15, 0.2) is 0 Å². The van der Waals surface area contributed by atoms with Crippen LogP contribution in [0.15, 0.2) is 18.3 Å². The van der Waals surface area contributed by atoms with E-state index >= 15 is 0 Å². The lowest BCUT2D eigenvalue weighted by Gasteiger charge is -2.28. The molecule has 2 atom stereocenters.